The van der Waals surface area contributed by atoms with Gasteiger partial charge in [-0.15, -0.1) is 0 Å². The zero-order valence-electron chi connectivity index (χ0n) is 6.79. The van der Waals surface area contributed by atoms with E-state index in [9.17, 15) is 0 Å². The number of hydrogen-bond acceptors (Lipinski definition) is 3. The Hall–Kier alpha value is -0.640. The predicted molar refractivity (Wildman–Crippen MR) is 47.9 cm³/mol. The van der Waals surface area contributed by atoms with Gasteiger partial charge in [-0.3, -0.25) is 4.98 Å². The molecule has 1 aromatic rings. The van der Waals surface area contributed by atoms with Crippen molar-refractivity contribution in [3.8, 4) is 0 Å². The molecule has 0 unspecified atom stereocenters. The molecular weight excluding hydrogens is 176 g/mol. The first-order chi connectivity index (χ1) is 5.56. The molecule has 12 heavy (non-hydrogen) atoms. The highest BCUT2D eigenvalue weighted by molar-refractivity contribution is 6.30. The van der Waals surface area contributed by atoms with E-state index in [1.54, 1.807) is 19.2 Å². The molecule has 0 fully saturated rings. The zero-order valence-corrected chi connectivity index (χ0v) is 7.54. The lowest BCUT2D eigenvalue weighted by Gasteiger charge is -2.21. The van der Waals surface area contributed by atoms with E-state index in [4.69, 9.17) is 22.4 Å². The third-order valence-electron chi connectivity index (χ3n) is 1.69. The molecule has 1 aromatic heterocycles. The van der Waals surface area contributed by atoms with Crippen molar-refractivity contribution in [2.24, 2.45) is 5.73 Å². The Labute approximate surface area is 76.2 Å². The molecule has 0 aromatic carbocycles. The molecule has 3 nitrogen and oxygen atoms in total. The van der Waals surface area contributed by atoms with Gasteiger partial charge >= 0.3 is 0 Å². The normalized spacial score (nSPS) is 15.7. The fourth-order valence-corrected chi connectivity index (χ4v) is 0.989. The summed E-state index contributed by atoms with van der Waals surface area (Å²) in [4.78, 5) is 3.88. The maximum absolute atomic E-state index is 8.94. The van der Waals surface area contributed by atoms with Crippen molar-refractivity contribution >= 4 is 11.6 Å². The standard InChI is InChI=1S/C8H11ClN2O/c1-8(10,5-12)6-2-7(9)4-11-3-6/h2-4,12H,5,10H2,1H3/t8-/m1/s1. The van der Waals surface area contributed by atoms with Crippen LogP contribution in [0.5, 0.6) is 0 Å². The summed E-state index contributed by atoms with van der Waals surface area (Å²) in [5.41, 5.74) is 5.73. The average Bonchev–Trinajstić information content (AvgIpc) is 2.05. The van der Waals surface area contributed by atoms with E-state index in [2.05, 4.69) is 4.98 Å². The van der Waals surface area contributed by atoms with Gasteiger partial charge in [0.2, 0.25) is 0 Å². The number of nitrogens with two attached hydrogens (primary N) is 1. The van der Waals surface area contributed by atoms with Gasteiger partial charge in [0.05, 0.1) is 17.2 Å². The topological polar surface area (TPSA) is 59.1 Å². The SMILES string of the molecule is C[C@@](N)(CO)c1cncc(Cl)c1. The number of pyridine rings is 1. The molecule has 0 radical (unpaired) electrons. The average molecular weight is 187 g/mol. The summed E-state index contributed by atoms with van der Waals surface area (Å²) in [5.74, 6) is 0. The van der Waals surface area contributed by atoms with Crippen LogP contribution in [0.15, 0.2) is 18.5 Å². The minimum absolute atomic E-state index is 0.130. The molecule has 0 amide bonds. The van der Waals surface area contributed by atoms with Crippen molar-refractivity contribution in [3.63, 3.8) is 0 Å². The second kappa shape index (κ2) is 3.39. The number of hydrogen-bond donors (Lipinski definition) is 2. The lowest BCUT2D eigenvalue weighted by molar-refractivity contribution is 0.210. The van der Waals surface area contributed by atoms with E-state index in [1.807, 2.05) is 0 Å². The van der Waals surface area contributed by atoms with E-state index < -0.39 is 5.54 Å². The molecule has 1 heterocycles. The van der Waals surface area contributed by atoms with Crippen molar-refractivity contribution in [2.45, 2.75) is 12.5 Å². The van der Waals surface area contributed by atoms with Crippen LogP contribution in [0.4, 0.5) is 0 Å². The summed E-state index contributed by atoms with van der Waals surface area (Å²) in [7, 11) is 0. The van der Waals surface area contributed by atoms with Crippen molar-refractivity contribution in [1.29, 1.82) is 0 Å². The number of halogens is 1. The van der Waals surface area contributed by atoms with Crippen LogP contribution in [-0.2, 0) is 5.54 Å². The molecule has 0 aliphatic rings. The molecule has 0 bridgehead atoms. The summed E-state index contributed by atoms with van der Waals surface area (Å²) in [6.07, 6.45) is 3.13. The van der Waals surface area contributed by atoms with E-state index in [1.165, 1.54) is 6.20 Å². The van der Waals surface area contributed by atoms with Crippen LogP contribution in [0, 0.1) is 0 Å². The van der Waals surface area contributed by atoms with E-state index >= 15 is 0 Å². The smallest absolute Gasteiger partial charge is 0.0651 e. The Morgan fingerprint density at radius 3 is 2.83 bits per heavy atom. The maximum Gasteiger partial charge on any atom is 0.0651 e. The largest absolute Gasteiger partial charge is 0.394 e. The van der Waals surface area contributed by atoms with Crippen molar-refractivity contribution < 1.29 is 5.11 Å². The highest BCUT2D eigenvalue weighted by atomic mass is 35.5. The molecule has 0 aliphatic carbocycles. The third-order valence-corrected chi connectivity index (χ3v) is 1.90. The van der Waals surface area contributed by atoms with Gasteiger partial charge in [0.25, 0.3) is 0 Å². The lowest BCUT2D eigenvalue weighted by atomic mass is 9.96. The fourth-order valence-electron chi connectivity index (χ4n) is 0.815. The van der Waals surface area contributed by atoms with Gasteiger partial charge in [0.1, 0.15) is 0 Å². The monoisotopic (exact) mass is 186 g/mol. The maximum atomic E-state index is 8.94. The van der Waals surface area contributed by atoms with Crippen LogP contribution < -0.4 is 5.73 Å². The highest BCUT2D eigenvalue weighted by Crippen LogP contribution is 2.18. The molecule has 66 valence electrons. The minimum Gasteiger partial charge on any atom is -0.394 e. The van der Waals surface area contributed by atoms with Crippen LogP contribution in [0.3, 0.4) is 0 Å². The summed E-state index contributed by atoms with van der Waals surface area (Å²) in [6.45, 7) is 1.59. The van der Waals surface area contributed by atoms with Gasteiger partial charge in [-0.05, 0) is 18.6 Å². The molecule has 1 atom stereocenters. The number of aliphatic hydroxyl groups is 1. The van der Waals surface area contributed by atoms with Gasteiger partial charge < -0.3 is 10.8 Å². The Morgan fingerprint density at radius 1 is 1.67 bits per heavy atom. The summed E-state index contributed by atoms with van der Waals surface area (Å²) >= 11 is 5.71. The summed E-state index contributed by atoms with van der Waals surface area (Å²) in [5, 5.41) is 9.47. The molecule has 0 spiro atoms. The number of rotatable bonds is 2. The summed E-state index contributed by atoms with van der Waals surface area (Å²) in [6, 6.07) is 1.70. The van der Waals surface area contributed by atoms with Gasteiger partial charge in [0.15, 0.2) is 0 Å². The van der Waals surface area contributed by atoms with Crippen molar-refractivity contribution in [2.75, 3.05) is 6.61 Å². The molecule has 1 rings (SSSR count). The number of aliphatic hydroxyl groups excluding tert-OH is 1. The van der Waals surface area contributed by atoms with Gasteiger partial charge in [-0.1, -0.05) is 11.6 Å². The molecular formula is C8H11ClN2O. The Kier molecular flexibility index (Phi) is 2.67. The summed E-state index contributed by atoms with van der Waals surface area (Å²) < 4.78 is 0. The van der Waals surface area contributed by atoms with Crippen molar-refractivity contribution in [3.05, 3.63) is 29.0 Å². The molecule has 4 heteroatoms. The van der Waals surface area contributed by atoms with Crippen LogP contribution in [-0.4, -0.2) is 16.7 Å². The Bertz CT molecular complexity index is 276. The minimum atomic E-state index is -0.766. The molecule has 0 aliphatic heterocycles. The highest BCUT2D eigenvalue weighted by Gasteiger charge is 2.20. The number of aromatic nitrogens is 1. The van der Waals surface area contributed by atoms with Gasteiger partial charge in [-0.2, -0.15) is 0 Å². The van der Waals surface area contributed by atoms with Crippen molar-refractivity contribution in [1.82, 2.24) is 4.98 Å². The van der Waals surface area contributed by atoms with Crippen LogP contribution in [0.25, 0.3) is 0 Å². The lowest BCUT2D eigenvalue weighted by Crippen LogP contribution is -2.36. The Balaban J connectivity index is 3.03. The first kappa shape index (κ1) is 9.45. The third kappa shape index (κ3) is 1.94. The zero-order chi connectivity index (χ0) is 9.19. The molecule has 0 saturated carbocycles. The quantitative estimate of drug-likeness (QED) is 0.722. The van der Waals surface area contributed by atoms with E-state index in [0.29, 0.717) is 5.02 Å². The first-order valence-electron chi connectivity index (χ1n) is 3.57. The second-order valence-corrected chi connectivity index (χ2v) is 3.40. The second-order valence-electron chi connectivity index (χ2n) is 2.97. The van der Waals surface area contributed by atoms with E-state index in [0.717, 1.165) is 5.56 Å². The van der Waals surface area contributed by atoms with Gasteiger partial charge in [-0.25, -0.2) is 0 Å². The molecule has 0 saturated heterocycles. The van der Waals surface area contributed by atoms with Gasteiger partial charge in [0, 0.05) is 12.4 Å². The van der Waals surface area contributed by atoms with Crippen LogP contribution >= 0.6 is 11.6 Å². The fraction of sp³-hybridized carbons (Fsp3) is 0.375. The number of nitrogens with zero attached hydrogens (tertiary/aromatic N) is 1. The Morgan fingerprint density at radius 2 is 2.33 bits per heavy atom. The molecule has 3 N–H and O–H groups in total. The van der Waals surface area contributed by atoms with Crippen LogP contribution in [0.1, 0.15) is 12.5 Å². The predicted octanol–water partition coefficient (Wildman–Crippen LogP) is 0.901. The van der Waals surface area contributed by atoms with E-state index in [-0.39, 0.29) is 6.61 Å². The first-order valence-corrected chi connectivity index (χ1v) is 3.95. The van der Waals surface area contributed by atoms with Crippen LogP contribution in [0.2, 0.25) is 5.02 Å².